The lowest BCUT2D eigenvalue weighted by Crippen LogP contribution is -2.47. The van der Waals surface area contributed by atoms with Gasteiger partial charge in [0.25, 0.3) is 11.8 Å². The zero-order valence-corrected chi connectivity index (χ0v) is 20.3. The van der Waals surface area contributed by atoms with E-state index in [0.29, 0.717) is 12.4 Å². The fourth-order valence-corrected chi connectivity index (χ4v) is 4.43. The van der Waals surface area contributed by atoms with E-state index in [0.717, 1.165) is 24.3 Å². The molecular formula is C26H30N6O4. The highest BCUT2D eigenvalue weighted by molar-refractivity contribution is 6.38. The fraction of sp³-hybridized carbons (Fsp3) is 0.346. The Balaban J connectivity index is 1.52. The van der Waals surface area contributed by atoms with E-state index in [1.807, 2.05) is 50.2 Å². The molecular weight excluding hydrogens is 460 g/mol. The quantitative estimate of drug-likeness (QED) is 0.432. The molecule has 1 unspecified atom stereocenters. The van der Waals surface area contributed by atoms with Gasteiger partial charge in [-0.05, 0) is 37.6 Å². The summed E-state index contributed by atoms with van der Waals surface area (Å²) in [5.74, 6) is -2.21. The van der Waals surface area contributed by atoms with Crippen molar-refractivity contribution in [2.24, 2.45) is 5.73 Å². The van der Waals surface area contributed by atoms with Gasteiger partial charge in [0.15, 0.2) is 5.82 Å². The Hall–Kier alpha value is -3.89. The molecule has 36 heavy (non-hydrogen) atoms. The molecule has 1 aliphatic heterocycles. The Kier molecular flexibility index (Phi) is 7.87. The Bertz CT molecular complexity index is 1220. The van der Waals surface area contributed by atoms with Crippen molar-refractivity contribution in [3.63, 3.8) is 0 Å². The summed E-state index contributed by atoms with van der Waals surface area (Å²) in [6.07, 6.45) is 3.74. The van der Waals surface area contributed by atoms with Gasteiger partial charge in [0.2, 0.25) is 5.78 Å². The summed E-state index contributed by atoms with van der Waals surface area (Å²) in [7, 11) is 0. The van der Waals surface area contributed by atoms with Crippen LogP contribution >= 0.6 is 0 Å². The molecule has 3 aromatic rings. The zero-order chi connectivity index (χ0) is 25.7. The molecule has 3 N–H and O–H groups in total. The first-order valence-electron chi connectivity index (χ1n) is 11.9. The van der Waals surface area contributed by atoms with Crippen molar-refractivity contribution < 1.29 is 19.1 Å². The number of morpholine rings is 1. The Morgan fingerprint density at radius 3 is 2.50 bits per heavy atom. The van der Waals surface area contributed by atoms with Crippen LogP contribution in [0.2, 0.25) is 0 Å². The maximum absolute atomic E-state index is 13.2. The zero-order valence-electron chi connectivity index (χ0n) is 20.3. The largest absolute Gasteiger partial charge is 0.373 e. The van der Waals surface area contributed by atoms with Crippen molar-refractivity contribution >= 4 is 17.6 Å². The van der Waals surface area contributed by atoms with Crippen LogP contribution in [0.3, 0.4) is 0 Å². The smallest absolute Gasteiger partial charge is 0.287 e. The van der Waals surface area contributed by atoms with Crippen LogP contribution in [-0.2, 0) is 27.3 Å². The Labute approximate surface area is 209 Å². The summed E-state index contributed by atoms with van der Waals surface area (Å²) >= 11 is 0. The van der Waals surface area contributed by atoms with Crippen molar-refractivity contribution in [2.75, 3.05) is 13.1 Å². The van der Waals surface area contributed by atoms with E-state index in [2.05, 4.69) is 20.3 Å². The van der Waals surface area contributed by atoms with E-state index in [9.17, 15) is 14.4 Å². The number of nitrogens with two attached hydrogens (primary N) is 1. The molecule has 3 heterocycles. The lowest BCUT2D eigenvalue weighted by molar-refractivity contribution is -0.137. The Morgan fingerprint density at radius 2 is 1.81 bits per heavy atom. The van der Waals surface area contributed by atoms with Crippen molar-refractivity contribution in [2.45, 2.75) is 45.1 Å². The van der Waals surface area contributed by atoms with E-state index < -0.39 is 23.6 Å². The maximum atomic E-state index is 13.2. The van der Waals surface area contributed by atoms with Crippen LogP contribution in [0.1, 0.15) is 35.5 Å². The van der Waals surface area contributed by atoms with Gasteiger partial charge >= 0.3 is 0 Å². The molecule has 10 heteroatoms. The van der Waals surface area contributed by atoms with E-state index >= 15 is 0 Å². The third-order valence-corrected chi connectivity index (χ3v) is 5.92. The van der Waals surface area contributed by atoms with Crippen LogP contribution in [0.25, 0.3) is 5.82 Å². The predicted molar refractivity (Wildman–Crippen MR) is 132 cm³/mol. The number of Topliss-reactive ketones (excluding diaryl/α,β-unsaturated/α-hetero) is 1. The van der Waals surface area contributed by atoms with Crippen molar-refractivity contribution in [3.05, 3.63) is 77.7 Å². The molecule has 1 aliphatic rings. The highest BCUT2D eigenvalue weighted by Gasteiger charge is 2.27. The van der Waals surface area contributed by atoms with E-state index in [1.165, 1.54) is 0 Å². The molecule has 10 nitrogen and oxygen atoms in total. The standard InChI is InChI=1S/C26H30N6O4/c1-17-14-31(15-18(2)36-17)16-20-10-12-32(30-20)25-21(9-6-11-28-25)26(35)29-22(23(33)24(27)34)13-19-7-4-3-5-8-19/h3-12,17-18,22H,13-16H2,1-2H3,(H2,27,34)(H,29,35)/t17-,18-,22?/m1/s1. The van der Waals surface area contributed by atoms with Gasteiger partial charge < -0.3 is 15.8 Å². The van der Waals surface area contributed by atoms with Gasteiger partial charge in [-0.1, -0.05) is 30.3 Å². The number of primary amides is 1. The number of pyridine rings is 1. The van der Waals surface area contributed by atoms with Crippen LogP contribution in [-0.4, -0.2) is 68.6 Å². The van der Waals surface area contributed by atoms with Crippen LogP contribution in [0.5, 0.6) is 0 Å². The number of amides is 2. The lowest BCUT2D eigenvalue weighted by Gasteiger charge is -2.34. The minimum Gasteiger partial charge on any atom is -0.373 e. The van der Waals surface area contributed by atoms with Crippen LogP contribution in [0.15, 0.2) is 60.9 Å². The Morgan fingerprint density at radius 1 is 1.08 bits per heavy atom. The summed E-state index contributed by atoms with van der Waals surface area (Å²) in [4.78, 5) is 44.0. The third kappa shape index (κ3) is 6.21. The van der Waals surface area contributed by atoms with Gasteiger partial charge in [-0.25, -0.2) is 9.67 Å². The van der Waals surface area contributed by atoms with E-state index in [1.54, 1.807) is 29.2 Å². The molecule has 0 saturated carbocycles. The SMILES string of the molecule is C[C@@H]1CN(Cc2ccn(-c3ncccc3C(=O)NC(Cc3ccccc3)C(=O)C(N)=O)n2)C[C@@H](C)O1. The van der Waals surface area contributed by atoms with Gasteiger partial charge in [0.1, 0.15) is 6.04 Å². The second-order valence-corrected chi connectivity index (χ2v) is 9.02. The van der Waals surface area contributed by atoms with Crippen molar-refractivity contribution in [1.29, 1.82) is 0 Å². The second-order valence-electron chi connectivity index (χ2n) is 9.02. The fourth-order valence-electron chi connectivity index (χ4n) is 4.43. The first-order chi connectivity index (χ1) is 17.3. The van der Waals surface area contributed by atoms with Crippen LogP contribution in [0.4, 0.5) is 0 Å². The molecule has 1 fully saturated rings. The summed E-state index contributed by atoms with van der Waals surface area (Å²) in [5, 5.41) is 7.29. The normalized spacial score (nSPS) is 18.9. The van der Waals surface area contributed by atoms with Gasteiger partial charge in [-0.2, -0.15) is 5.10 Å². The van der Waals surface area contributed by atoms with Crippen molar-refractivity contribution in [1.82, 2.24) is 25.0 Å². The first kappa shape index (κ1) is 25.2. The van der Waals surface area contributed by atoms with Crippen molar-refractivity contribution in [3.8, 4) is 5.82 Å². The molecule has 4 rings (SSSR count). The third-order valence-electron chi connectivity index (χ3n) is 5.92. The molecule has 2 amide bonds. The monoisotopic (exact) mass is 490 g/mol. The van der Waals surface area contributed by atoms with Crippen LogP contribution in [0, 0.1) is 0 Å². The number of hydrogen-bond acceptors (Lipinski definition) is 7. The van der Waals surface area contributed by atoms with Gasteiger partial charge in [0, 0.05) is 38.4 Å². The predicted octanol–water partition coefficient (Wildman–Crippen LogP) is 1.27. The molecule has 1 saturated heterocycles. The first-order valence-corrected chi connectivity index (χ1v) is 11.9. The number of ketones is 1. The van der Waals surface area contributed by atoms with E-state index in [-0.39, 0.29) is 24.2 Å². The van der Waals surface area contributed by atoms with Gasteiger partial charge in [0.05, 0.1) is 23.5 Å². The maximum Gasteiger partial charge on any atom is 0.287 e. The number of carbonyl (C=O) groups excluding carboxylic acids is 3. The minimum atomic E-state index is -1.11. The molecule has 2 aromatic heterocycles. The molecule has 0 spiro atoms. The van der Waals surface area contributed by atoms with E-state index in [4.69, 9.17) is 10.5 Å². The topological polar surface area (TPSA) is 132 Å². The molecule has 1 aromatic carbocycles. The number of carbonyl (C=O) groups is 3. The number of rotatable bonds is 9. The summed E-state index contributed by atoms with van der Waals surface area (Å²) in [6, 6.07) is 13.1. The summed E-state index contributed by atoms with van der Waals surface area (Å²) in [5.41, 5.74) is 7.08. The average Bonchev–Trinajstić information content (AvgIpc) is 3.31. The number of nitrogens with zero attached hydrogens (tertiary/aromatic N) is 4. The summed E-state index contributed by atoms with van der Waals surface area (Å²) < 4.78 is 7.34. The number of hydrogen-bond donors (Lipinski definition) is 2. The van der Waals surface area contributed by atoms with Gasteiger partial charge in [-0.15, -0.1) is 0 Å². The molecule has 0 bridgehead atoms. The molecule has 0 aliphatic carbocycles. The molecule has 0 radical (unpaired) electrons. The second kappa shape index (κ2) is 11.2. The number of ether oxygens (including phenoxy) is 1. The highest BCUT2D eigenvalue weighted by Crippen LogP contribution is 2.16. The van der Waals surface area contributed by atoms with Gasteiger partial charge in [-0.3, -0.25) is 19.3 Å². The lowest BCUT2D eigenvalue weighted by atomic mass is 10.0. The number of aromatic nitrogens is 3. The summed E-state index contributed by atoms with van der Waals surface area (Å²) in [6.45, 7) is 6.37. The number of nitrogens with one attached hydrogen (secondary N) is 1. The highest BCUT2D eigenvalue weighted by atomic mass is 16.5. The molecule has 3 atom stereocenters. The van der Waals surface area contributed by atoms with Crippen LogP contribution < -0.4 is 11.1 Å². The molecule has 188 valence electrons. The average molecular weight is 491 g/mol. The number of benzene rings is 1. The minimum absolute atomic E-state index is 0.131.